The van der Waals surface area contributed by atoms with Crippen LogP contribution in [0.1, 0.15) is 49.7 Å². The van der Waals surface area contributed by atoms with Gasteiger partial charge in [-0.3, -0.25) is 9.59 Å². The zero-order valence-electron chi connectivity index (χ0n) is 18.0. The van der Waals surface area contributed by atoms with Crippen molar-refractivity contribution in [2.45, 2.75) is 38.5 Å². The molecule has 2 amide bonds. The van der Waals surface area contributed by atoms with Crippen LogP contribution in [-0.4, -0.2) is 24.2 Å². The minimum Gasteiger partial charge on any atom is -0.273 e. The predicted octanol–water partition coefficient (Wildman–Crippen LogP) is 3.87. The molecule has 0 atom stereocenters. The van der Waals surface area contributed by atoms with Crippen molar-refractivity contribution >= 4 is 24.2 Å². The predicted molar refractivity (Wildman–Crippen MR) is 124 cm³/mol. The molecule has 0 aliphatic heterocycles. The largest absolute Gasteiger partial charge is 0.273 e. The molecule has 4 fully saturated rings. The summed E-state index contributed by atoms with van der Waals surface area (Å²) < 4.78 is 0. The average molecular weight is 429 g/mol. The van der Waals surface area contributed by atoms with Gasteiger partial charge < -0.3 is 0 Å². The van der Waals surface area contributed by atoms with Gasteiger partial charge in [-0.05, 0) is 61.5 Å². The van der Waals surface area contributed by atoms with Crippen molar-refractivity contribution in [2.75, 3.05) is 0 Å². The van der Waals surface area contributed by atoms with Crippen LogP contribution in [0.3, 0.4) is 0 Å². The van der Waals surface area contributed by atoms with Gasteiger partial charge in [-0.2, -0.15) is 10.2 Å². The number of amides is 2. The van der Waals surface area contributed by atoms with Gasteiger partial charge >= 0.3 is 0 Å². The maximum Gasteiger partial charge on any atom is 0.246 e. The molecule has 6 heteroatoms. The Labute approximate surface area is 188 Å². The van der Waals surface area contributed by atoms with Crippen molar-refractivity contribution in [2.24, 2.45) is 32.9 Å². The van der Waals surface area contributed by atoms with Gasteiger partial charge in [0.15, 0.2) is 0 Å². The Bertz CT molecular complexity index is 953. The lowest BCUT2D eigenvalue weighted by Gasteiger charge is -2.60. The van der Waals surface area contributed by atoms with Crippen LogP contribution in [0.25, 0.3) is 0 Å². The standard InChI is InChI=1S/C26H28N4O2/c31-23(29-27-16-19-7-3-1-4-8-19)25-12-21-11-22(13-25)15-26(14-21,18-25)24(32)30-28-17-20-9-5-2-6-10-20/h1-10,16-17,21-22H,11-15,18H2,(H,29,31)(H,30,32)/b27-16-,28-17-. The molecule has 4 aliphatic rings. The highest BCUT2D eigenvalue weighted by atomic mass is 16.2. The highest BCUT2D eigenvalue weighted by Gasteiger charge is 2.63. The van der Waals surface area contributed by atoms with Gasteiger partial charge in [0.2, 0.25) is 11.8 Å². The highest BCUT2D eigenvalue weighted by molar-refractivity contribution is 5.89. The van der Waals surface area contributed by atoms with E-state index < -0.39 is 10.8 Å². The number of rotatable bonds is 6. The molecule has 0 saturated heterocycles. The molecule has 32 heavy (non-hydrogen) atoms. The van der Waals surface area contributed by atoms with Crippen LogP contribution in [0.2, 0.25) is 0 Å². The van der Waals surface area contributed by atoms with Crippen molar-refractivity contribution < 1.29 is 9.59 Å². The van der Waals surface area contributed by atoms with E-state index >= 15 is 0 Å². The van der Waals surface area contributed by atoms with Crippen LogP contribution < -0.4 is 10.9 Å². The number of benzene rings is 2. The normalized spacial score (nSPS) is 30.6. The Morgan fingerprint density at radius 3 is 1.53 bits per heavy atom. The summed E-state index contributed by atoms with van der Waals surface area (Å²) in [5.41, 5.74) is 6.40. The second-order valence-corrected chi connectivity index (χ2v) is 9.74. The van der Waals surface area contributed by atoms with Crippen LogP contribution in [0.4, 0.5) is 0 Å². The zero-order valence-corrected chi connectivity index (χ0v) is 18.0. The number of nitrogens with one attached hydrogen (secondary N) is 2. The molecule has 0 aromatic heterocycles. The lowest BCUT2D eigenvalue weighted by Crippen LogP contribution is -2.60. The van der Waals surface area contributed by atoms with E-state index in [4.69, 9.17) is 0 Å². The van der Waals surface area contributed by atoms with Crippen LogP contribution in [0.5, 0.6) is 0 Å². The number of hydrogen-bond donors (Lipinski definition) is 2. The molecule has 6 nitrogen and oxygen atoms in total. The van der Waals surface area contributed by atoms with E-state index in [0.29, 0.717) is 18.3 Å². The molecule has 0 radical (unpaired) electrons. The van der Waals surface area contributed by atoms with Crippen LogP contribution in [0, 0.1) is 22.7 Å². The Hall–Kier alpha value is -3.28. The lowest BCUT2D eigenvalue weighted by molar-refractivity contribution is -0.167. The summed E-state index contributed by atoms with van der Waals surface area (Å²) in [6, 6.07) is 19.4. The summed E-state index contributed by atoms with van der Waals surface area (Å²) in [6.07, 6.45) is 8.41. The van der Waals surface area contributed by atoms with E-state index in [9.17, 15) is 9.59 Å². The van der Waals surface area contributed by atoms with Gasteiger partial charge in [0, 0.05) is 0 Å². The van der Waals surface area contributed by atoms with Gasteiger partial charge in [0.25, 0.3) is 0 Å². The average Bonchev–Trinajstić information content (AvgIpc) is 2.79. The molecule has 2 aromatic carbocycles. The van der Waals surface area contributed by atoms with Crippen molar-refractivity contribution in [3.63, 3.8) is 0 Å². The smallest absolute Gasteiger partial charge is 0.246 e. The summed E-state index contributed by atoms with van der Waals surface area (Å²) in [5, 5.41) is 8.40. The molecule has 2 N–H and O–H groups in total. The second-order valence-electron chi connectivity index (χ2n) is 9.74. The number of hydrazone groups is 2. The van der Waals surface area contributed by atoms with Crippen molar-refractivity contribution in [3.8, 4) is 0 Å². The maximum absolute atomic E-state index is 13.3. The fraction of sp³-hybridized carbons (Fsp3) is 0.385. The molecule has 4 bridgehead atoms. The van der Waals surface area contributed by atoms with E-state index in [1.54, 1.807) is 12.4 Å². The van der Waals surface area contributed by atoms with E-state index in [2.05, 4.69) is 21.1 Å². The summed E-state index contributed by atoms with van der Waals surface area (Å²) in [5.74, 6) is 0.709. The Morgan fingerprint density at radius 1 is 0.719 bits per heavy atom. The molecule has 6 rings (SSSR count). The number of hydrogen-bond acceptors (Lipinski definition) is 4. The Balaban J connectivity index is 1.29. The highest BCUT2D eigenvalue weighted by Crippen LogP contribution is 2.65. The third-order valence-corrected chi connectivity index (χ3v) is 7.38. The van der Waals surface area contributed by atoms with Crippen molar-refractivity contribution in [1.29, 1.82) is 0 Å². The fourth-order valence-corrected chi connectivity index (χ4v) is 6.44. The Kier molecular flexibility index (Phi) is 5.37. The molecular weight excluding hydrogens is 400 g/mol. The SMILES string of the molecule is O=C(N/N=C\c1ccccc1)C12CC3CC(C1)CC(C(=O)N/N=C\c1ccccc1)(C3)C2. The molecule has 4 saturated carbocycles. The van der Waals surface area contributed by atoms with E-state index in [0.717, 1.165) is 43.2 Å². The molecular formula is C26H28N4O2. The van der Waals surface area contributed by atoms with Crippen LogP contribution >= 0.6 is 0 Å². The van der Waals surface area contributed by atoms with Gasteiger partial charge in [-0.1, -0.05) is 60.7 Å². The minimum atomic E-state index is -0.515. The first-order chi connectivity index (χ1) is 15.6. The van der Waals surface area contributed by atoms with Crippen molar-refractivity contribution in [3.05, 3.63) is 71.8 Å². The second kappa shape index (κ2) is 8.34. The van der Waals surface area contributed by atoms with E-state index in [-0.39, 0.29) is 11.8 Å². The Morgan fingerprint density at radius 2 is 1.12 bits per heavy atom. The quantitative estimate of drug-likeness (QED) is 0.541. The van der Waals surface area contributed by atoms with Gasteiger partial charge in [-0.15, -0.1) is 0 Å². The summed E-state index contributed by atoms with van der Waals surface area (Å²) >= 11 is 0. The van der Waals surface area contributed by atoms with E-state index in [1.807, 2.05) is 60.7 Å². The van der Waals surface area contributed by atoms with Crippen LogP contribution in [0.15, 0.2) is 70.9 Å². The van der Waals surface area contributed by atoms with Gasteiger partial charge in [0.1, 0.15) is 0 Å². The summed E-state index contributed by atoms with van der Waals surface area (Å²) in [6.45, 7) is 0. The first-order valence-corrected chi connectivity index (χ1v) is 11.3. The lowest BCUT2D eigenvalue weighted by atomic mass is 9.43. The summed E-state index contributed by atoms with van der Waals surface area (Å²) in [7, 11) is 0. The third kappa shape index (κ3) is 3.97. The number of carbonyl (C=O) groups is 2. The van der Waals surface area contributed by atoms with Gasteiger partial charge in [0.05, 0.1) is 23.3 Å². The van der Waals surface area contributed by atoms with Gasteiger partial charge in [-0.25, -0.2) is 10.9 Å². The fourth-order valence-electron chi connectivity index (χ4n) is 6.44. The monoisotopic (exact) mass is 428 g/mol. The van der Waals surface area contributed by atoms with Crippen molar-refractivity contribution in [1.82, 2.24) is 10.9 Å². The minimum absolute atomic E-state index is 0.0521. The molecule has 2 aromatic rings. The topological polar surface area (TPSA) is 82.9 Å². The molecule has 0 heterocycles. The summed E-state index contributed by atoms with van der Waals surface area (Å²) in [4.78, 5) is 26.5. The number of carbonyl (C=O) groups excluding carboxylic acids is 2. The first kappa shape index (κ1) is 20.6. The number of nitrogens with zero attached hydrogens (tertiary/aromatic N) is 2. The molecule has 0 spiro atoms. The molecule has 164 valence electrons. The van der Waals surface area contributed by atoms with Crippen LogP contribution in [-0.2, 0) is 9.59 Å². The van der Waals surface area contributed by atoms with E-state index in [1.165, 1.54) is 0 Å². The third-order valence-electron chi connectivity index (χ3n) is 7.38. The molecule has 4 aliphatic carbocycles. The zero-order chi connectivity index (χ0) is 22.0. The maximum atomic E-state index is 13.3. The first-order valence-electron chi connectivity index (χ1n) is 11.3. The molecule has 0 unspecified atom stereocenters.